The molecule has 7 rings (SSSR count). The van der Waals surface area contributed by atoms with Gasteiger partial charge in [-0.25, -0.2) is 9.50 Å². The van der Waals surface area contributed by atoms with Crippen LogP contribution in [-0.4, -0.2) is 69.1 Å². The van der Waals surface area contributed by atoms with Crippen LogP contribution in [0, 0.1) is 11.3 Å². The third-order valence-electron chi connectivity index (χ3n) is 7.22. The van der Waals surface area contributed by atoms with E-state index in [2.05, 4.69) is 16.1 Å². The summed E-state index contributed by atoms with van der Waals surface area (Å²) in [7, 11) is 1.60. The van der Waals surface area contributed by atoms with Crippen LogP contribution in [0.5, 0.6) is 11.5 Å². The van der Waals surface area contributed by atoms with Gasteiger partial charge in [-0.05, 0) is 56.2 Å². The Morgan fingerprint density at radius 1 is 1.13 bits per heavy atom. The first-order valence-corrected chi connectivity index (χ1v) is 13.0. The van der Waals surface area contributed by atoms with Crippen molar-refractivity contribution in [2.24, 2.45) is 0 Å². The summed E-state index contributed by atoms with van der Waals surface area (Å²) < 4.78 is 30.4. The highest BCUT2D eigenvalue weighted by Gasteiger charge is 2.44. The van der Waals surface area contributed by atoms with E-state index in [0.29, 0.717) is 41.2 Å². The Bertz CT molecular complexity index is 1600. The molecule has 1 aromatic carbocycles. The summed E-state index contributed by atoms with van der Waals surface area (Å²) in [4.78, 5) is 8.96. The second kappa shape index (κ2) is 9.88. The third-order valence-corrected chi connectivity index (χ3v) is 7.22. The van der Waals surface area contributed by atoms with Gasteiger partial charge in [0.25, 0.3) is 0 Å². The quantitative estimate of drug-likeness (QED) is 0.369. The van der Waals surface area contributed by atoms with E-state index in [9.17, 15) is 10.4 Å². The normalized spacial score (nSPS) is 20.1. The van der Waals surface area contributed by atoms with Crippen LogP contribution in [0.4, 0.5) is 5.82 Å². The smallest absolute Gasteiger partial charge is 0.138 e. The highest BCUT2D eigenvalue weighted by atomic mass is 16.5. The number of methoxy groups -OCH3 is 1. The largest absolute Gasteiger partial charge is 0.497 e. The predicted molar refractivity (Wildman–Crippen MR) is 148 cm³/mol. The summed E-state index contributed by atoms with van der Waals surface area (Å²) in [6.45, 7) is 3.25. The van der Waals surface area contributed by atoms with Gasteiger partial charge in [0.2, 0.25) is 0 Å². The standard InChI is InChI=1S/C30H32N6O3/c1-30(2,37)19-39-26-11-27(29-22(12-31)14-33-36(29)18-26)21-6-9-28(32-13-21)34-16-23-10-24(17-34)35(23)15-20-4-7-25(38-3)8-5-20/h4-9,11,13-14,18,23-24,37H,10,15-17,19H2,1-3H3/i15D2. The zero-order valence-electron chi connectivity index (χ0n) is 24.2. The number of piperidine rings is 1. The molecule has 3 aliphatic rings. The highest BCUT2D eigenvalue weighted by molar-refractivity contribution is 5.85. The first kappa shape index (κ1) is 22.8. The number of benzene rings is 1. The Morgan fingerprint density at radius 2 is 1.90 bits per heavy atom. The Hall–Kier alpha value is -4.13. The number of hydrogen-bond donors (Lipinski definition) is 1. The molecule has 3 saturated heterocycles. The number of ether oxygens (including phenoxy) is 2. The summed E-state index contributed by atoms with van der Waals surface area (Å²) in [5.74, 6) is 2.06. The van der Waals surface area contributed by atoms with E-state index < -0.39 is 12.1 Å². The van der Waals surface area contributed by atoms with Gasteiger partial charge in [0.15, 0.2) is 0 Å². The Kier molecular flexibility index (Phi) is 5.78. The van der Waals surface area contributed by atoms with E-state index in [1.165, 1.54) is 6.20 Å². The molecular weight excluding hydrogens is 492 g/mol. The van der Waals surface area contributed by atoms with Crippen LogP contribution in [0.2, 0.25) is 0 Å². The van der Waals surface area contributed by atoms with Crippen molar-refractivity contribution in [3.05, 3.63) is 72.2 Å². The molecule has 39 heavy (non-hydrogen) atoms. The number of nitriles is 1. The maximum absolute atomic E-state index is 10.1. The van der Waals surface area contributed by atoms with Gasteiger partial charge in [0.05, 0.1) is 36.2 Å². The molecule has 9 heteroatoms. The molecule has 2 atom stereocenters. The van der Waals surface area contributed by atoms with Crippen molar-refractivity contribution in [2.75, 3.05) is 31.7 Å². The summed E-state index contributed by atoms with van der Waals surface area (Å²) in [6.07, 6.45) is 5.96. The number of fused-ring (bicyclic) bond motifs is 3. The van der Waals surface area contributed by atoms with Crippen LogP contribution >= 0.6 is 0 Å². The number of anilines is 1. The molecule has 3 aromatic heterocycles. The summed E-state index contributed by atoms with van der Waals surface area (Å²) in [5, 5.41) is 24.1. The van der Waals surface area contributed by atoms with E-state index in [4.69, 9.17) is 17.2 Å². The molecule has 0 aliphatic carbocycles. The van der Waals surface area contributed by atoms with Crippen molar-refractivity contribution in [1.82, 2.24) is 19.5 Å². The number of hydrogen-bond acceptors (Lipinski definition) is 8. The van der Waals surface area contributed by atoms with Crippen molar-refractivity contribution in [1.29, 1.82) is 5.26 Å². The lowest BCUT2D eigenvalue weighted by molar-refractivity contribution is -0.00868. The lowest BCUT2D eigenvalue weighted by Gasteiger charge is -2.56. The molecule has 0 radical (unpaired) electrons. The molecule has 4 aromatic rings. The maximum atomic E-state index is 10.1. The number of piperazine rings is 1. The van der Waals surface area contributed by atoms with Crippen LogP contribution in [0.25, 0.3) is 16.6 Å². The fourth-order valence-corrected chi connectivity index (χ4v) is 5.26. The second-order valence-electron chi connectivity index (χ2n) is 10.8. The Balaban J connectivity index is 1.22. The summed E-state index contributed by atoms with van der Waals surface area (Å²) in [5.41, 5.74) is 2.30. The first-order chi connectivity index (χ1) is 19.6. The number of rotatable bonds is 8. The predicted octanol–water partition coefficient (Wildman–Crippen LogP) is 3.89. The van der Waals surface area contributed by atoms with Crippen LogP contribution in [0.3, 0.4) is 0 Å². The molecular formula is C30H32N6O3. The van der Waals surface area contributed by atoms with Gasteiger partial charge in [-0.2, -0.15) is 10.4 Å². The molecule has 9 nitrogen and oxygen atoms in total. The van der Waals surface area contributed by atoms with Crippen LogP contribution in [-0.2, 0) is 6.50 Å². The molecule has 3 fully saturated rings. The van der Waals surface area contributed by atoms with Crippen molar-refractivity contribution < 1.29 is 17.3 Å². The zero-order valence-corrected chi connectivity index (χ0v) is 22.2. The molecule has 2 unspecified atom stereocenters. The molecule has 0 saturated carbocycles. The van der Waals surface area contributed by atoms with Gasteiger partial charge >= 0.3 is 0 Å². The zero-order chi connectivity index (χ0) is 28.9. The summed E-state index contributed by atoms with van der Waals surface area (Å²) >= 11 is 0. The average Bonchev–Trinajstić information content (AvgIpc) is 3.38. The minimum absolute atomic E-state index is 0.0848. The van der Waals surface area contributed by atoms with Gasteiger partial charge in [-0.15, -0.1) is 0 Å². The highest BCUT2D eigenvalue weighted by Crippen LogP contribution is 2.37. The van der Waals surface area contributed by atoms with Crippen molar-refractivity contribution in [3.63, 3.8) is 0 Å². The minimum atomic E-state index is -1.57. The monoisotopic (exact) mass is 526 g/mol. The Labute approximate surface area is 230 Å². The molecule has 6 heterocycles. The van der Waals surface area contributed by atoms with E-state index in [0.717, 1.165) is 23.4 Å². The number of nitrogens with zero attached hydrogens (tertiary/aromatic N) is 6. The molecule has 1 N–H and O–H groups in total. The third kappa shape index (κ3) is 5.01. The molecule has 3 aliphatic heterocycles. The molecule has 0 spiro atoms. The Morgan fingerprint density at radius 3 is 2.54 bits per heavy atom. The molecule has 0 amide bonds. The number of aliphatic hydroxyl groups is 1. The maximum Gasteiger partial charge on any atom is 0.138 e. The first-order valence-electron chi connectivity index (χ1n) is 14.0. The lowest BCUT2D eigenvalue weighted by atomic mass is 9.86. The number of pyridine rings is 2. The van der Waals surface area contributed by atoms with Gasteiger partial charge in [-0.3, -0.25) is 4.90 Å². The molecule has 200 valence electrons. The van der Waals surface area contributed by atoms with Gasteiger partial charge in [-0.1, -0.05) is 12.1 Å². The van der Waals surface area contributed by atoms with E-state index in [1.54, 1.807) is 62.1 Å². The second-order valence-corrected chi connectivity index (χ2v) is 10.8. The van der Waals surface area contributed by atoms with Crippen LogP contribution < -0.4 is 14.4 Å². The SMILES string of the molecule is [2H]C([2H])(c1ccc(OC)cc1)N1C2CC1CN(c1ccc(-c3cc(OCC(C)(C)O)cn4ncc(C#N)c34)cn1)C2. The van der Waals surface area contributed by atoms with E-state index in [1.807, 2.05) is 23.1 Å². The van der Waals surface area contributed by atoms with E-state index >= 15 is 0 Å². The van der Waals surface area contributed by atoms with Gasteiger partial charge < -0.3 is 19.5 Å². The topological polar surface area (TPSA) is 99.1 Å². The van der Waals surface area contributed by atoms with E-state index in [-0.39, 0.29) is 18.7 Å². The van der Waals surface area contributed by atoms with Crippen molar-refractivity contribution in [3.8, 4) is 28.7 Å². The van der Waals surface area contributed by atoms with Crippen LogP contribution in [0.1, 0.15) is 34.1 Å². The van der Waals surface area contributed by atoms with Gasteiger partial charge in [0.1, 0.15) is 30.0 Å². The lowest BCUT2D eigenvalue weighted by Crippen LogP contribution is -2.68. The number of aromatic nitrogens is 3. The fourth-order valence-electron chi connectivity index (χ4n) is 5.26. The van der Waals surface area contributed by atoms with Crippen molar-refractivity contribution in [2.45, 2.75) is 44.4 Å². The average molecular weight is 527 g/mol. The minimum Gasteiger partial charge on any atom is -0.497 e. The van der Waals surface area contributed by atoms with Crippen LogP contribution in [0.15, 0.2) is 61.1 Å². The molecule has 2 bridgehead atoms. The van der Waals surface area contributed by atoms with Crippen molar-refractivity contribution >= 4 is 11.3 Å². The van der Waals surface area contributed by atoms with Gasteiger partial charge in [0, 0.05) is 51.7 Å². The summed E-state index contributed by atoms with van der Waals surface area (Å²) in [6, 6.07) is 15.3. The fraction of sp³-hybridized carbons (Fsp3) is 0.367.